The second-order valence-electron chi connectivity index (χ2n) is 3.17. The fourth-order valence-corrected chi connectivity index (χ4v) is 1.36. The van der Waals surface area contributed by atoms with Gasteiger partial charge in [-0.2, -0.15) is 0 Å². The minimum atomic E-state index is 0. The first-order chi connectivity index (χ1) is 7.27. The third-order valence-corrected chi connectivity index (χ3v) is 2.23. The lowest BCUT2D eigenvalue weighted by Gasteiger charge is -2.27. The molecule has 1 aliphatic heterocycles. The van der Waals surface area contributed by atoms with Crippen molar-refractivity contribution in [2.24, 2.45) is 4.99 Å². The fraction of sp³-hybridized carbons (Fsp3) is 0.778. The van der Waals surface area contributed by atoms with Gasteiger partial charge in [-0.15, -0.1) is 24.0 Å². The molecule has 1 saturated heterocycles. The Labute approximate surface area is 113 Å². The number of amides is 1. The number of ether oxygens (including phenoxy) is 1. The molecule has 0 atom stereocenters. The highest BCUT2D eigenvalue weighted by molar-refractivity contribution is 14.0. The van der Waals surface area contributed by atoms with Crippen molar-refractivity contribution in [2.75, 3.05) is 46.9 Å². The minimum absolute atomic E-state index is 0. The van der Waals surface area contributed by atoms with E-state index < -0.39 is 0 Å². The molecule has 0 radical (unpaired) electrons. The third-order valence-electron chi connectivity index (χ3n) is 2.23. The molecule has 0 aliphatic carbocycles. The monoisotopic (exact) mass is 342 g/mol. The van der Waals surface area contributed by atoms with E-state index >= 15 is 0 Å². The van der Waals surface area contributed by atoms with Crippen LogP contribution in [0.1, 0.15) is 0 Å². The van der Waals surface area contributed by atoms with Gasteiger partial charge in [-0.1, -0.05) is 0 Å². The van der Waals surface area contributed by atoms with Crippen LogP contribution in [0.5, 0.6) is 0 Å². The average Bonchev–Trinajstić information content (AvgIpc) is 2.31. The van der Waals surface area contributed by atoms with Gasteiger partial charge in [0.1, 0.15) is 0 Å². The van der Waals surface area contributed by atoms with Crippen LogP contribution in [0, 0.1) is 0 Å². The first-order valence-corrected chi connectivity index (χ1v) is 5.02. The highest BCUT2D eigenvalue weighted by Crippen LogP contribution is 1.96. The minimum Gasteiger partial charge on any atom is -0.378 e. The van der Waals surface area contributed by atoms with Crippen molar-refractivity contribution < 1.29 is 9.53 Å². The Balaban J connectivity index is 0.00000225. The molecule has 1 fully saturated rings. The number of halogens is 1. The van der Waals surface area contributed by atoms with E-state index in [1.807, 2.05) is 0 Å². The summed E-state index contributed by atoms with van der Waals surface area (Å²) in [6.07, 6.45) is 0. The van der Waals surface area contributed by atoms with Crippen molar-refractivity contribution >= 4 is 35.8 Å². The van der Waals surface area contributed by atoms with Crippen LogP contribution in [0.4, 0.5) is 0 Å². The molecule has 1 rings (SSSR count). The van der Waals surface area contributed by atoms with Crippen molar-refractivity contribution in [3.05, 3.63) is 0 Å². The van der Waals surface area contributed by atoms with Gasteiger partial charge in [0.05, 0.1) is 19.8 Å². The van der Waals surface area contributed by atoms with Crippen molar-refractivity contribution in [3.8, 4) is 0 Å². The normalized spacial score (nSPS) is 16.4. The molecular weight excluding hydrogens is 323 g/mol. The molecule has 2 N–H and O–H groups in total. The van der Waals surface area contributed by atoms with Gasteiger partial charge in [-0.25, -0.2) is 0 Å². The zero-order chi connectivity index (χ0) is 11.1. The van der Waals surface area contributed by atoms with Crippen molar-refractivity contribution in [1.82, 2.24) is 15.5 Å². The van der Waals surface area contributed by atoms with E-state index in [2.05, 4.69) is 15.6 Å². The van der Waals surface area contributed by atoms with Crippen LogP contribution in [0.15, 0.2) is 4.99 Å². The van der Waals surface area contributed by atoms with E-state index in [4.69, 9.17) is 4.74 Å². The maximum absolute atomic E-state index is 11.7. The molecule has 0 aromatic carbocycles. The molecule has 0 aromatic rings. The van der Waals surface area contributed by atoms with Crippen molar-refractivity contribution in [2.45, 2.75) is 0 Å². The summed E-state index contributed by atoms with van der Waals surface area (Å²) >= 11 is 0. The van der Waals surface area contributed by atoms with E-state index in [1.54, 1.807) is 19.0 Å². The molecule has 1 heterocycles. The first kappa shape index (κ1) is 15.4. The SMILES string of the molecule is CN=C(NC)NCC(=O)N1CCOCC1.I. The van der Waals surface area contributed by atoms with E-state index in [0.29, 0.717) is 32.3 Å². The molecule has 16 heavy (non-hydrogen) atoms. The van der Waals surface area contributed by atoms with Gasteiger partial charge in [0.25, 0.3) is 0 Å². The molecule has 6 nitrogen and oxygen atoms in total. The number of hydrogen-bond acceptors (Lipinski definition) is 3. The van der Waals surface area contributed by atoms with E-state index in [1.165, 1.54) is 0 Å². The summed E-state index contributed by atoms with van der Waals surface area (Å²) in [5, 5.41) is 5.78. The van der Waals surface area contributed by atoms with Crippen LogP contribution in [0.3, 0.4) is 0 Å². The van der Waals surface area contributed by atoms with Crippen molar-refractivity contribution in [3.63, 3.8) is 0 Å². The van der Waals surface area contributed by atoms with E-state index in [9.17, 15) is 4.79 Å². The van der Waals surface area contributed by atoms with E-state index in [0.717, 1.165) is 0 Å². The molecule has 1 aliphatic rings. The number of guanidine groups is 1. The highest BCUT2D eigenvalue weighted by atomic mass is 127. The molecule has 0 saturated carbocycles. The number of rotatable bonds is 2. The summed E-state index contributed by atoms with van der Waals surface area (Å²) < 4.78 is 5.17. The standard InChI is InChI=1S/C9H18N4O2.HI/c1-10-9(11-2)12-7-8(14)13-3-5-15-6-4-13;/h3-7H2,1-2H3,(H2,10,11,12);1H. The summed E-state index contributed by atoms with van der Waals surface area (Å²) in [7, 11) is 3.42. The van der Waals surface area contributed by atoms with Crippen molar-refractivity contribution in [1.29, 1.82) is 0 Å². The maximum atomic E-state index is 11.7. The van der Waals surface area contributed by atoms with Gasteiger partial charge in [0, 0.05) is 27.2 Å². The Morgan fingerprint density at radius 3 is 2.56 bits per heavy atom. The molecule has 7 heteroatoms. The summed E-state index contributed by atoms with van der Waals surface area (Å²) in [4.78, 5) is 17.4. The molecular formula is C9H19IN4O2. The molecule has 0 aromatic heterocycles. The second kappa shape index (κ2) is 8.57. The molecule has 0 unspecified atom stereocenters. The van der Waals surface area contributed by atoms with Gasteiger partial charge in [-0.3, -0.25) is 9.79 Å². The summed E-state index contributed by atoms with van der Waals surface area (Å²) in [5.74, 6) is 0.700. The lowest BCUT2D eigenvalue weighted by molar-refractivity contribution is -0.134. The largest absolute Gasteiger partial charge is 0.378 e. The highest BCUT2D eigenvalue weighted by Gasteiger charge is 2.16. The number of nitrogens with zero attached hydrogens (tertiary/aromatic N) is 2. The topological polar surface area (TPSA) is 66.0 Å². The number of hydrogen-bond donors (Lipinski definition) is 2. The van der Waals surface area contributed by atoms with Crippen LogP contribution >= 0.6 is 24.0 Å². The van der Waals surface area contributed by atoms with Gasteiger partial charge < -0.3 is 20.3 Å². The molecule has 94 valence electrons. The van der Waals surface area contributed by atoms with Crippen LogP contribution in [-0.2, 0) is 9.53 Å². The van der Waals surface area contributed by atoms with Crippen LogP contribution in [0.2, 0.25) is 0 Å². The van der Waals surface area contributed by atoms with Gasteiger partial charge in [0.2, 0.25) is 5.91 Å². The zero-order valence-electron chi connectivity index (χ0n) is 9.65. The quantitative estimate of drug-likeness (QED) is 0.394. The number of nitrogens with one attached hydrogen (secondary N) is 2. The summed E-state index contributed by atoms with van der Waals surface area (Å²) in [6.45, 7) is 2.89. The number of carbonyl (C=O) groups excluding carboxylic acids is 1. The Bertz CT molecular complexity index is 242. The first-order valence-electron chi connectivity index (χ1n) is 5.02. The third kappa shape index (κ3) is 4.97. The predicted molar refractivity (Wildman–Crippen MR) is 73.2 cm³/mol. The Hall–Kier alpha value is -0.570. The summed E-state index contributed by atoms with van der Waals surface area (Å²) in [5.41, 5.74) is 0. The summed E-state index contributed by atoms with van der Waals surface area (Å²) in [6, 6.07) is 0. The van der Waals surface area contributed by atoms with Gasteiger partial charge in [-0.05, 0) is 0 Å². The number of carbonyl (C=O) groups is 1. The molecule has 0 bridgehead atoms. The Kier molecular flexibility index (Phi) is 8.26. The maximum Gasteiger partial charge on any atom is 0.242 e. The number of morpholine rings is 1. The molecule has 1 amide bonds. The smallest absolute Gasteiger partial charge is 0.242 e. The lowest BCUT2D eigenvalue weighted by atomic mass is 10.4. The average molecular weight is 342 g/mol. The molecule has 0 spiro atoms. The number of aliphatic imine (C=N–C) groups is 1. The van der Waals surface area contributed by atoms with Crippen LogP contribution < -0.4 is 10.6 Å². The van der Waals surface area contributed by atoms with Gasteiger partial charge in [0.15, 0.2) is 5.96 Å². The zero-order valence-corrected chi connectivity index (χ0v) is 12.0. The van der Waals surface area contributed by atoms with Gasteiger partial charge >= 0.3 is 0 Å². The lowest BCUT2D eigenvalue weighted by Crippen LogP contribution is -2.47. The predicted octanol–water partition coefficient (Wildman–Crippen LogP) is -0.742. The van der Waals surface area contributed by atoms with E-state index in [-0.39, 0.29) is 36.4 Å². The Morgan fingerprint density at radius 1 is 1.44 bits per heavy atom. The van der Waals surface area contributed by atoms with Crippen LogP contribution in [-0.4, -0.2) is 63.7 Å². The Morgan fingerprint density at radius 2 is 2.06 bits per heavy atom. The second-order valence-corrected chi connectivity index (χ2v) is 3.17. The fourth-order valence-electron chi connectivity index (χ4n) is 1.36. The van der Waals surface area contributed by atoms with Crippen LogP contribution in [0.25, 0.3) is 0 Å².